The van der Waals surface area contributed by atoms with E-state index in [0.29, 0.717) is 6.42 Å². The predicted molar refractivity (Wildman–Crippen MR) is 108 cm³/mol. The summed E-state index contributed by atoms with van der Waals surface area (Å²) >= 11 is 0. The normalized spacial score (nSPS) is 14.9. The largest absolute Gasteiger partial charge is 0.481 e. The van der Waals surface area contributed by atoms with E-state index in [2.05, 4.69) is 16.0 Å². The van der Waals surface area contributed by atoms with Gasteiger partial charge in [0.15, 0.2) is 0 Å². The molecule has 30 heavy (non-hydrogen) atoms. The Morgan fingerprint density at radius 3 is 2.03 bits per heavy atom. The number of nitrogens with one attached hydrogen (secondary N) is 3. The number of aliphatic carboxylic acids is 2. The Bertz CT molecular complexity index is 624. The molecule has 0 saturated heterocycles. The summed E-state index contributed by atoms with van der Waals surface area (Å²) in [7, 11) is 0. The highest BCUT2D eigenvalue weighted by molar-refractivity contribution is 5.92. The summed E-state index contributed by atoms with van der Waals surface area (Å²) in [5, 5.41) is 25.1. The molecule has 0 aromatic heterocycles. The van der Waals surface area contributed by atoms with Gasteiger partial charge in [0.2, 0.25) is 17.7 Å². The maximum absolute atomic E-state index is 12.5. The molecular weight excluding hydrogens is 396 g/mol. The van der Waals surface area contributed by atoms with Crippen molar-refractivity contribution in [1.29, 1.82) is 0 Å². The Kier molecular flexibility index (Phi) is 12.3. The molecular formula is C19H34N4O7. The first-order valence-electron chi connectivity index (χ1n) is 9.96. The van der Waals surface area contributed by atoms with Gasteiger partial charge in [-0.1, -0.05) is 34.1 Å². The van der Waals surface area contributed by atoms with E-state index in [1.165, 1.54) is 0 Å². The predicted octanol–water partition coefficient (Wildman–Crippen LogP) is -0.559. The lowest BCUT2D eigenvalue weighted by Crippen LogP contribution is -2.54. The smallest absolute Gasteiger partial charge is 0.326 e. The van der Waals surface area contributed by atoms with Crippen molar-refractivity contribution in [2.75, 3.05) is 6.54 Å². The highest BCUT2D eigenvalue weighted by atomic mass is 16.4. The van der Waals surface area contributed by atoms with Crippen molar-refractivity contribution < 1.29 is 34.2 Å². The lowest BCUT2D eigenvalue weighted by atomic mass is 9.99. The van der Waals surface area contributed by atoms with E-state index in [1.54, 1.807) is 13.8 Å². The third kappa shape index (κ3) is 10.7. The standard InChI is InChI=1S/C19H34N4O7/c1-5-11(4)16(19(29)30)23-14(24)9-21-18(28)13(8-10(2)3)22-17(27)12(20)6-7-15(25)26/h10-13,16H,5-9,20H2,1-4H3,(H,21,28)(H,22,27)(H,23,24)(H,25,26)(H,29,30). The fraction of sp³-hybridized carbons (Fsp3) is 0.737. The van der Waals surface area contributed by atoms with Gasteiger partial charge >= 0.3 is 11.9 Å². The molecule has 0 aliphatic carbocycles. The van der Waals surface area contributed by atoms with Crippen LogP contribution in [0.25, 0.3) is 0 Å². The summed E-state index contributed by atoms with van der Waals surface area (Å²) in [5.74, 6) is -4.45. The second kappa shape index (κ2) is 13.5. The molecule has 0 aromatic carbocycles. The molecule has 0 bridgehead atoms. The van der Waals surface area contributed by atoms with E-state index < -0.39 is 54.3 Å². The molecule has 0 aromatic rings. The summed E-state index contributed by atoms with van der Waals surface area (Å²) < 4.78 is 0. The van der Waals surface area contributed by atoms with Crippen LogP contribution in [0.15, 0.2) is 0 Å². The number of carbonyl (C=O) groups excluding carboxylic acids is 3. The number of rotatable bonds is 14. The van der Waals surface area contributed by atoms with E-state index in [0.717, 1.165) is 0 Å². The average molecular weight is 431 g/mol. The van der Waals surface area contributed by atoms with Crippen LogP contribution in [0.2, 0.25) is 0 Å². The van der Waals surface area contributed by atoms with Gasteiger partial charge in [0, 0.05) is 6.42 Å². The van der Waals surface area contributed by atoms with Crippen LogP contribution in [0.4, 0.5) is 0 Å². The number of hydrogen-bond donors (Lipinski definition) is 6. The molecule has 0 saturated carbocycles. The number of amides is 3. The van der Waals surface area contributed by atoms with Gasteiger partial charge in [-0.05, 0) is 24.7 Å². The molecule has 11 heteroatoms. The van der Waals surface area contributed by atoms with Crippen molar-refractivity contribution in [3.05, 3.63) is 0 Å². The van der Waals surface area contributed by atoms with Gasteiger partial charge in [0.25, 0.3) is 0 Å². The van der Waals surface area contributed by atoms with Crippen LogP contribution in [0, 0.1) is 11.8 Å². The minimum Gasteiger partial charge on any atom is -0.481 e. The second-order valence-electron chi connectivity index (χ2n) is 7.72. The molecule has 11 nitrogen and oxygen atoms in total. The fourth-order valence-corrected chi connectivity index (χ4v) is 2.59. The first-order valence-corrected chi connectivity index (χ1v) is 9.96. The molecule has 0 fully saturated rings. The Morgan fingerprint density at radius 1 is 0.967 bits per heavy atom. The van der Waals surface area contributed by atoms with Gasteiger partial charge in [-0.2, -0.15) is 0 Å². The monoisotopic (exact) mass is 430 g/mol. The van der Waals surface area contributed by atoms with Crippen molar-refractivity contribution in [2.24, 2.45) is 17.6 Å². The molecule has 7 N–H and O–H groups in total. The van der Waals surface area contributed by atoms with Gasteiger partial charge in [0.1, 0.15) is 12.1 Å². The minimum absolute atomic E-state index is 0.0342. The topological polar surface area (TPSA) is 188 Å². The summed E-state index contributed by atoms with van der Waals surface area (Å²) in [4.78, 5) is 58.6. The van der Waals surface area contributed by atoms with Crippen LogP contribution in [0.3, 0.4) is 0 Å². The molecule has 4 atom stereocenters. The third-order valence-electron chi connectivity index (χ3n) is 4.56. The SMILES string of the molecule is CCC(C)C(NC(=O)CNC(=O)C(CC(C)C)NC(=O)C(N)CCC(=O)O)C(=O)O. The minimum atomic E-state index is -1.16. The Balaban J connectivity index is 4.87. The third-order valence-corrected chi connectivity index (χ3v) is 4.56. The average Bonchev–Trinajstić information content (AvgIpc) is 2.66. The number of nitrogens with two attached hydrogens (primary N) is 1. The quantitative estimate of drug-likeness (QED) is 0.211. The molecule has 0 spiro atoms. The van der Waals surface area contributed by atoms with Gasteiger partial charge in [-0.25, -0.2) is 4.79 Å². The molecule has 3 amide bonds. The van der Waals surface area contributed by atoms with Crippen LogP contribution in [-0.2, 0) is 24.0 Å². The summed E-state index contributed by atoms with van der Waals surface area (Å²) in [5.41, 5.74) is 5.66. The van der Waals surface area contributed by atoms with Crippen molar-refractivity contribution >= 4 is 29.7 Å². The van der Waals surface area contributed by atoms with Crippen LogP contribution < -0.4 is 21.7 Å². The van der Waals surface area contributed by atoms with E-state index in [-0.39, 0.29) is 31.1 Å². The Hall–Kier alpha value is -2.69. The van der Waals surface area contributed by atoms with Crippen molar-refractivity contribution in [3.8, 4) is 0 Å². The first-order chi connectivity index (χ1) is 13.9. The highest BCUT2D eigenvalue weighted by Crippen LogP contribution is 2.08. The van der Waals surface area contributed by atoms with Gasteiger partial charge < -0.3 is 31.9 Å². The summed E-state index contributed by atoms with van der Waals surface area (Å²) in [6.45, 7) is 6.73. The summed E-state index contributed by atoms with van der Waals surface area (Å²) in [6, 6.07) is -3.12. The highest BCUT2D eigenvalue weighted by Gasteiger charge is 2.27. The van der Waals surface area contributed by atoms with Crippen LogP contribution in [-0.4, -0.2) is 64.5 Å². The molecule has 0 radical (unpaired) electrons. The maximum atomic E-state index is 12.5. The second-order valence-corrected chi connectivity index (χ2v) is 7.72. The van der Waals surface area contributed by atoms with E-state index in [9.17, 15) is 29.1 Å². The lowest BCUT2D eigenvalue weighted by molar-refractivity contribution is -0.143. The zero-order valence-corrected chi connectivity index (χ0v) is 17.9. The zero-order chi connectivity index (χ0) is 23.4. The summed E-state index contributed by atoms with van der Waals surface area (Å²) in [6.07, 6.45) is 0.464. The number of hydrogen-bond acceptors (Lipinski definition) is 6. The number of carbonyl (C=O) groups is 5. The van der Waals surface area contributed by atoms with Crippen molar-refractivity contribution in [3.63, 3.8) is 0 Å². The molecule has 0 aliphatic rings. The number of carboxylic acids is 2. The Labute approximate surface area is 176 Å². The molecule has 172 valence electrons. The zero-order valence-electron chi connectivity index (χ0n) is 17.9. The Morgan fingerprint density at radius 2 is 1.57 bits per heavy atom. The van der Waals surface area contributed by atoms with Crippen LogP contribution in [0.1, 0.15) is 53.4 Å². The van der Waals surface area contributed by atoms with E-state index >= 15 is 0 Å². The van der Waals surface area contributed by atoms with E-state index in [4.69, 9.17) is 10.8 Å². The van der Waals surface area contributed by atoms with Crippen LogP contribution in [0.5, 0.6) is 0 Å². The van der Waals surface area contributed by atoms with Gasteiger partial charge in [0.05, 0.1) is 12.6 Å². The van der Waals surface area contributed by atoms with Crippen molar-refractivity contribution in [2.45, 2.75) is 71.5 Å². The molecule has 4 unspecified atom stereocenters. The molecule has 0 heterocycles. The van der Waals surface area contributed by atoms with Gasteiger partial charge in [-0.15, -0.1) is 0 Å². The first kappa shape index (κ1) is 27.3. The molecule has 0 aliphatic heterocycles. The van der Waals surface area contributed by atoms with E-state index in [1.807, 2.05) is 13.8 Å². The van der Waals surface area contributed by atoms with Crippen molar-refractivity contribution in [1.82, 2.24) is 16.0 Å². The lowest BCUT2D eigenvalue weighted by Gasteiger charge is -2.23. The van der Waals surface area contributed by atoms with Gasteiger partial charge in [-0.3, -0.25) is 19.2 Å². The maximum Gasteiger partial charge on any atom is 0.326 e. The molecule has 0 rings (SSSR count). The number of carboxylic acid groups (broad SMARTS) is 2. The fourth-order valence-electron chi connectivity index (χ4n) is 2.59. The van der Waals surface area contributed by atoms with Crippen LogP contribution >= 0.6 is 0 Å².